The van der Waals surface area contributed by atoms with Crippen LogP contribution < -0.4 is 5.73 Å². The SMILES string of the molecule is CC(N)Cc1ccc(Sc2nnc3ccccn23)c(Br)c1. The van der Waals surface area contributed by atoms with Gasteiger partial charge in [-0.3, -0.25) is 4.40 Å². The average molecular weight is 363 g/mol. The van der Waals surface area contributed by atoms with Gasteiger partial charge >= 0.3 is 0 Å². The van der Waals surface area contributed by atoms with Crippen molar-refractivity contribution in [3.8, 4) is 0 Å². The number of pyridine rings is 1. The number of nitrogens with zero attached hydrogens (tertiary/aromatic N) is 3. The highest BCUT2D eigenvalue weighted by Gasteiger charge is 2.10. The van der Waals surface area contributed by atoms with E-state index in [9.17, 15) is 0 Å². The third kappa shape index (κ3) is 3.28. The van der Waals surface area contributed by atoms with Gasteiger partial charge in [-0.25, -0.2) is 0 Å². The van der Waals surface area contributed by atoms with Crippen LogP contribution in [0.2, 0.25) is 0 Å². The number of fused-ring (bicyclic) bond motifs is 1. The Bertz CT molecular complexity index is 769. The molecule has 0 fully saturated rings. The molecule has 6 heteroatoms. The van der Waals surface area contributed by atoms with E-state index in [2.05, 4.69) is 44.3 Å². The zero-order valence-corrected chi connectivity index (χ0v) is 13.9. The van der Waals surface area contributed by atoms with Crippen LogP contribution in [0.4, 0.5) is 0 Å². The Balaban J connectivity index is 1.88. The number of aromatic nitrogens is 3. The third-order valence-corrected chi connectivity index (χ3v) is 4.99. The maximum Gasteiger partial charge on any atom is 0.200 e. The standard InChI is InChI=1S/C15H15BrN4S/c1-10(17)8-11-5-6-13(12(16)9-11)21-15-19-18-14-4-2-3-7-20(14)15/h2-7,9-10H,8,17H2,1H3. The lowest BCUT2D eigenvalue weighted by molar-refractivity contribution is 0.737. The van der Waals surface area contributed by atoms with E-state index >= 15 is 0 Å². The molecule has 1 atom stereocenters. The first-order chi connectivity index (χ1) is 10.1. The van der Waals surface area contributed by atoms with Crippen LogP contribution in [0.5, 0.6) is 0 Å². The molecule has 108 valence electrons. The molecule has 1 aromatic carbocycles. The lowest BCUT2D eigenvalue weighted by Crippen LogP contribution is -2.17. The minimum absolute atomic E-state index is 0.163. The van der Waals surface area contributed by atoms with Crippen LogP contribution in [0.15, 0.2) is 57.1 Å². The fraction of sp³-hybridized carbons (Fsp3) is 0.200. The normalized spacial score (nSPS) is 12.7. The van der Waals surface area contributed by atoms with Crippen LogP contribution >= 0.6 is 27.7 Å². The molecule has 2 aromatic heterocycles. The van der Waals surface area contributed by atoms with E-state index in [4.69, 9.17) is 5.73 Å². The lowest BCUT2D eigenvalue weighted by atomic mass is 10.1. The molecule has 0 aliphatic carbocycles. The summed E-state index contributed by atoms with van der Waals surface area (Å²) in [4.78, 5) is 1.11. The Labute approximate surface area is 135 Å². The highest BCUT2D eigenvalue weighted by molar-refractivity contribution is 9.10. The van der Waals surface area contributed by atoms with Crippen molar-refractivity contribution < 1.29 is 0 Å². The molecule has 0 bridgehead atoms. The van der Waals surface area contributed by atoms with Crippen molar-refractivity contribution in [1.29, 1.82) is 0 Å². The van der Waals surface area contributed by atoms with Crippen molar-refractivity contribution >= 4 is 33.3 Å². The van der Waals surface area contributed by atoms with Crippen molar-refractivity contribution in [1.82, 2.24) is 14.6 Å². The van der Waals surface area contributed by atoms with Crippen LogP contribution in [0.1, 0.15) is 12.5 Å². The minimum atomic E-state index is 0.163. The van der Waals surface area contributed by atoms with Gasteiger partial charge in [-0.15, -0.1) is 10.2 Å². The highest BCUT2D eigenvalue weighted by atomic mass is 79.9. The summed E-state index contributed by atoms with van der Waals surface area (Å²) in [5, 5.41) is 9.25. The van der Waals surface area contributed by atoms with Crippen LogP contribution in [0.25, 0.3) is 5.65 Å². The molecule has 3 aromatic rings. The molecule has 0 aliphatic heterocycles. The van der Waals surface area contributed by atoms with E-state index in [0.717, 1.165) is 26.6 Å². The number of rotatable bonds is 4. The number of hydrogen-bond acceptors (Lipinski definition) is 4. The molecule has 3 rings (SSSR count). The van der Waals surface area contributed by atoms with Gasteiger partial charge in [0.15, 0.2) is 10.8 Å². The first kappa shape index (κ1) is 14.6. The number of nitrogens with two attached hydrogens (primary N) is 1. The summed E-state index contributed by atoms with van der Waals surface area (Å²) in [7, 11) is 0. The van der Waals surface area contributed by atoms with E-state index in [-0.39, 0.29) is 6.04 Å². The molecule has 0 spiro atoms. The Hall–Kier alpha value is -1.37. The highest BCUT2D eigenvalue weighted by Crippen LogP contribution is 2.33. The maximum absolute atomic E-state index is 5.84. The van der Waals surface area contributed by atoms with Gasteiger partial charge in [0.2, 0.25) is 0 Å². The first-order valence-corrected chi connectivity index (χ1v) is 8.26. The summed E-state index contributed by atoms with van der Waals surface area (Å²) in [6.45, 7) is 2.01. The fourth-order valence-corrected chi connectivity index (χ4v) is 3.61. The van der Waals surface area contributed by atoms with Crippen LogP contribution in [-0.4, -0.2) is 20.6 Å². The first-order valence-electron chi connectivity index (χ1n) is 6.65. The van der Waals surface area contributed by atoms with Crippen molar-refractivity contribution in [3.05, 3.63) is 52.6 Å². The Morgan fingerprint density at radius 2 is 2.14 bits per heavy atom. The van der Waals surface area contributed by atoms with Gasteiger partial charge in [-0.2, -0.15) is 0 Å². The molecule has 21 heavy (non-hydrogen) atoms. The number of hydrogen-bond donors (Lipinski definition) is 1. The second-order valence-electron chi connectivity index (χ2n) is 4.96. The van der Waals surface area contributed by atoms with Crippen LogP contribution in [0, 0.1) is 0 Å². The van der Waals surface area contributed by atoms with Gasteiger partial charge in [0.05, 0.1) is 0 Å². The Kier molecular flexibility index (Phi) is 4.28. The quantitative estimate of drug-likeness (QED) is 0.771. The fourth-order valence-electron chi connectivity index (χ4n) is 2.11. The summed E-state index contributed by atoms with van der Waals surface area (Å²) >= 11 is 5.22. The summed E-state index contributed by atoms with van der Waals surface area (Å²) in [6.07, 6.45) is 2.84. The van der Waals surface area contributed by atoms with E-state index < -0.39 is 0 Å². The molecule has 2 heterocycles. The maximum atomic E-state index is 5.84. The van der Waals surface area contributed by atoms with Crippen molar-refractivity contribution in [3.63, 3.8) is 0 Å². The average Bonchev–Trinajstić information content (AvgIpc) is 2.85. The molecule has 1 unspecified atom stereocenters. The van der Waals surface area contributed by atoms with Gasteiger partial charge in [0, 0.05) is 21.6 Å². The van der Waals surface area contributed by atoms with Gasteiger partial charge in [0.25, 0.3) is 0 Å². The van der Waals surface area contributed by atoms with Crippen molar-refractivity contribution in [2.75, 3.05) is 0 Å². The predicted molar refractivity (Wildman–Crippen MR) is 88.6 cm³/mol. The Morgan fingerprint density at radius 3 is 2.90 bits per heavy atom. The summed E-state index contributed by atoms with van der Waals surface area (Å²) < 4.78 is 3.03. The van der Waals surface area contributed by atoms with E-state index in [1.54, 1.807) is 11.8 Å². The molecule has 0 amide bonds. The third-order valence-electron chi connectivity index (χ3n) is 3.04. The molecule has 2 N–H and O–H groups in total. The summed E-state index contributed by atoms with van der Waals surface area (Å²) in [5.74, 6) is 0. The predicted octanol–water partition coefficient (Wildman–Crippen LogP) is 3.53. The monoisotopic (exact) mass is 362 g/mol. The van der Waals surface area contributed by atoms with Crippen LogP contribution in [-0.2, 0) is 6.42 Å². The summed E-state index contributed by atoms with van der Waals surface area (Å²) in [6, 6.07) is 12.4. The largest absolute Gasteiger partial charge is 0.328 e. The topological polar surface area (TPSA) is 56.2 Å². The zero-order valence-electron chi connectivity index (χ0n) is 11.5. The smallest absolute Gasteiger partial charge is 0.200 e. The van der Waals surface area contributed by atoms with E-state index in [0.29, 0.717) is 0 Å². The van der Waals surface area contributed by atoms with Gasteiger partial charge in [-0.1, -0.05) is 12.1 Å². The summed E-state index contributed by atoms with van der Waals surface area (Å²) in [5.41, 5.74) is 7.92. The second-order valence-corrected chi connectivity index (χ2v) is 6.82. The van der Waals surface area contributed by atoms with E-state index in [1.165, 1.54) is 5.56 Å². The van der Waals surface area contributed by atoms with Crippen LogP contribution in [0.3, 0.4) is 0 Å². The van der Waals surface area contributed by atoms with Gasteiger partial charge in [-0.05, 0) is 70.9 Å². The molecule has 0 saturated heterocycles. The van der Waals surface area contributed by atoms with Gasteiger partial charge < -0.3 is 5.73 Å². The molecular weight excluding hydrogens is 348 g/mol. The number of benzene rings is 1. The number of halogens is 1. The molecule has 0 radical (unpaired) electrons. The molecule has 0 saturated carbocycles. The minimum Gasteiger partial charge on any atom is -0.328 e. The van der Waals surface area contributed by atoms with E-state index in [1.807, 2.05) is 35.7 Å². The van der Waals surface area contributed by atoms with Crippen molar-refractivity contribution in [2.45, 2.75) is 29.4 Å². The lowest BCUT2D eigenvalue weighted by Gasteiger charge is -2.08. The van der Waals surface area contributed by atoms with Crippen molar-refractivity contribution in [2.24, 2.45) is 5.73 Å². The second kappa shape index (κ2) is 6.17. The molecular formula is C15H15BrN4S. The Morgan fingerprint density at radius 1 is 1.29 bits per heavy atom. The van der Waals surface area contributed by atoms with Gasteiger partial charge in [0.1, 0.15) is 0 Å². The molecule has 0 aliphatic rings. The molecule has 4 nitrogen and oxygen atoms in total. The zero-order chi connectivity index (χ0) is 14.8.